The lowest BCUT2D eigenvalue weighted by molar-refractivity contribution is 0.975. The molecular weight excluding hydrogens is 318 g/mol. The Morgan fingerprint density at radius 3 is 2.70 bits per heavy atom. The number of anilines is 1. The van der Waals surface area contributed by atoms with E-state index >= 15 is 0 Å². The Kier molecular flexibility index (Phi) is 3.06. The minimum atomic E-state index is -0.169. The summed E-state index contributed by atoms with van der Waals surface area (Å²) >= 11 is 3.47. The molecule has 0 bridgehead atoms. The summed E-state index contributed by atoms with van der Waals surface area (Å²) in [6, 6.07) is 12.9. The van der Waals surface area contributed by atoms with Gasteiger partial charge in [-0.15, -0.1) is 0 Å². The van der Waals surface area contributed by atoms with Crippen LogP contribution in [0.2, 0.25) is 0 Å². The molecule has 100 valence electrons. The van der Waals surface area contributed by atoms with E-state index in [2.05, 4.69) is 20.9 Å². The van der Waals surface area contributed by atoms with Crippen molar-refractivity contribution in [2.24, 2.45) is 0 Å². The highest BCUT2D eigenvalue weighted by atomic mass is 79.9. The van der Waals surface area contributed by atoms with E-state index in [1.54, 1.807) is 12.1 Å². The zero-order chi connectivity index (χ0) is 14.3. The van der Waals surface area contributed by atoms with Gasteiger partial charge in [-0.25, -0.2) is 9.55 Å². The molecule has 0 aliphatic carbocycles. The van der Waals surface area contributed by atoms with Crippen LogP contribution in [0, 0.1) is 6.92 Å². The number of halogens is 1. The fourth-order valence-electron chi connectivity index (χ4n) is 2.18. The maximum Gasteiger partial charge on any atom is 0.267 e. The van der Waals surface area contributed by atoms with Gasteiger partial charge in [-0.2, -0.15) is 0 Å². The maximum absolute atomic E-state index is 12.6. The number of benzene rings is 2. The predicted octanol–water partition coefficient (Wildman–Crippen LogP) is 3.04. The van der Waals surface area contributed by atoms with Crippen molar-refractivity contribution in [1.29, 1.82) is 0 Å². The monoisotopic (exact) mass is 329 g/mol. The zero-order valence-electron chi connectivity index (χ0n) is 10.8. The van der Waals surface area contributed by atoms with Crippen LogP contribution in [0.5, 0.6) is 0 Å². The Labute approximate surface area is 124 Å². The molecule has 0 saturated heterocycles. The highest BCUT2D eigenvalue weighted by Crippen LogP contribution is 2.23. The molecule has 0 aliphatic heterocycles. The van der Waals surface area contributed by atoms with E-state index in [4.69, 9.17) is 5.73 Å². The van der Waals surface area contributed by atoms with Crippen LogP contribution in [0.3, 0.4) is 0 Å². The van der Waals surface area contributed by atoms with Crippen molar-refractivity contribution >= 4 is 32.8 Å². The first-order chi connectivity index (χ1) is 9.58. The Balaban J connectivity index is 2.39. The summed E-state index contributed by atoms with van der Waals surface area (Å²) in [5.41, 5.74) is 8.18. The summed E-state index contributed by atoms with van der Waals surface area (Å²) in [6.45, 7) is 1.99. The number of nitrogens with zero attached hydrogens (tertiary/aromatic N) is 2. The molecule has 0 unspecified atom stereocenters. The Morgan fingerprint density at radius 2 is 1.95 bits per heavy atom. The fourth-order valence-corrected chi connectivity index (χ4v) is 2.85. The van der Waals surface area contributed by atoms with Gasteiger partial charge in [0, 0.05) is 4.47 Å². The molecule has 4 nitrogen and oxygen atoms in total. The number of aromatic nitrogens is 2. The molecule has 0 radical (unpaired) electrons. The Morgan fingerprint density at radius 1 is 1.20 bits per heavy atom. The van der Waals surface area contributed by atoms with Gasteiger partial charge in [-0.05, 0) is 52.7 Å². The number of aryl methyl sites for hydroxylation is 1. The van der Waals surface area contributed by atoms with E-state index in [1.807, 2.05) is 37.3 Å². The quantitative estimate of drug-likeness (QED) is 0.746. The van der Waals surface area contributed by atoms with Crippen LogP contribution >= 0.6 is 15.9 Å². The van der Waals surface area contributed by atoms with Crippen molar-refractivity contribution in [3.63, 3.8) is 0 Å². The van der Waals surface area contributed by atoms with E-state index in [1.165, 1.54) is 4.57 Å². The molecule has 1 aromatic heterocycles. The van der Waals surface area contributed by atoms with Crippen molar-refractivity contribution in [2.75, 3.05) is 5.73 Å². The molecule has 2 N–H and O–H groups in total. The highest BCUT2D eigenvalue weighted by molar-refractivity contribution is 9.10. The first-order valence-corrected chi connectivity index (χ1v) is 6.91. The largest absolute Gasteiger partial charge is 0.369 e. The lowest BCUT2D eigenvalue weighted by Gasteiger charge is -2.12. The van der Waals surface area contributed by atoms with E-state index < -0.39 is 0 Å². The number of para-hydroxylation sites is 1. The third kappa shape index (κ3) is 2.00. The van der Waals surface area contributed by atoms with Crippen LogP contribution in [-0.2, 0) is 0 Å². The third-order valence-electron chi connectivity index (χ3n) is 3.15. The lowest BCUT2D eigenvalue weighted by atomic mass is 10.2. The SMILES string of the molecule is Cc1ccc(-n2c(N)nc3ccccc3c2=O)c(Br)c1. The summed E-state index contributed by atoms with van der Waals surface area (Å²) in [5, 5.41) is 0.550. The first-order valence-electron chi connectivity index (χ1n) is 6.12. The van der Waals surface area contributed by atoms with Gasteiger partial charge >= 0.3 is 0 Å². The van der Waals surface area contributed by atoms with Gasteiger partial charge in [0.1, 0.15) is 0 Å². The number of fused-ring (bicyclic) bond motifs is 1. The minimum Gasteiger partial charge on any atom is -0.369 e. The molecule has 0 saturated carbocycles. The molecule has 0 atom stereocenters. The predicted molar refractivity (Wildman–Crippen MR) is 84.2 cm³/mol. The molecular formula is C15H12BrN3O. The first kappa shape index (κ1) is 12.9. The second kappa shape index (κ2) is 4.76. The van der Waals surface area contributed by atoms with Crippen molar-refractivity contribution in [3.05, 3.63) is 62.9 Å². The summed E-state index contributed by atoms with van der Waals surface area (Å²) < 4.78 is 2.23. The summed E-state index contributed by atoms with van der Waals surface area (Å²) in [4.78, 5) is 16.9. The second-order valence-corrected chi connectivity index (χ2v) is 5.44. The summed E-state index contributed by atoms with van der Waals surface area (Å²) in [7, 11) is 0. The summed E-state index contributed by atoms with van der Waals surface area (Å²) in [6.07, 6.45) is 0. The maximum atomic E-state index is 12.6. The molecule has 5 heteroatoms. The second-order valence-electron chi connectivity index (χ2n) is 4.58. The molecule has 1 heterocycles. The number of nitrogen functional groups attached to an aromatic ring is 1. The number of nitrogens with two attached hydrogens (primary N) is 1. The zero-order valence-corrected chi connectivity index (χ0v) is 12.4. The van der Waals surface area contributed by atoms with E-state index in [0.717, 1.165) is 10.0 Å². The molecule has 0 fully saturated rings. The van der Waals surface area contributed by atoms with Crippen molar-refractivity contribution < 1.29 is 0 Å². The minimum absolute atomic E-state index is 0.169. The van der Waals surface area contributed by atoms with Crippen LogP contribution in [0.15, 0.2) is 51.7 Å². The van der Waals surface area contributed by atoms with Gasteiger partial charge in [0.25, 0.3) is 5.56 Å². The van der Waals surface area contributed by atoms with E-state index in [0.29, 0.717) is 16.6 Å². The number of rotatable bonds is 1. The smallest absolute Gasteiger partial charge is 0.267 e. The van der Waals surface area contributed by atoms with Crippen LogP contribution in [0.4, 0.5) is 5.95 Å². The van der Waals surface area contributed by atoms with Gasteiger partial charge < -0.3 is 5.73 Å². The highest BCUT2D eigenvalue weighted by Gasteiger charge is 2.12. The normalized spacial score (nSPS) is 10.9. The van der Waals surface area contributed by atoms with Gasteiger partial charge in [-0.1, -0.05) is 18.2 Å². The summed E-state index contributed by atoms with van der Waals surface area (Å²) in [5.74, 6) is 0.179. The molecule has 3 rings (SSSR count). The fraction of sp³-hybridized carbons (Fsp3) is 0.0667. The van der Waals surface area contributed by atoms with Crippen molar-refractivity contribution in [3.8, 4) is 5.69 Å². The molecule has 2 aromatic carbocycles. The van der Waals surface area contributed by atoms with Crippen LogP contribution in [-0.4, -0.2) is 9.55 Å². The van der Waals surface area contributed by atoms with Crippen molar-refractivity contribution in [2.45, 2.75) is 6.92 Å². The molecule has 0 amide bonds. The van der Waals surface area contributed by atoms with Gasteiger partial charge in [0.15, 0.2) is 0 Å². The number of hydrogen-bond donors (Lipinski definition) is 1. The van der Waals surface area contributed by atoms with Crippen molar-refractivity contribution in [1.82, 2.24) is 9.55 Å². The average molecular weight is 330 g/mol. The molecule has 20 heavy (non-hydrogen) atoms. The van der Waals surface area contributed by atoms with Crippen LogP contribution in [0.25, 0.3) is 16.6 Å². The molecule has 3 aromatic rings. The number of hydrogen-bond acceptors (Lipinski definition) is 3. The van der Waals surface area contributed by atoms with Crippen LogP contribution < -0.4 is 11.3 Å². The van der Waals surface area contributed by atoms with E-state index in [9.17, 15) is 4.79 Å². The Hall–Kier alpha value is -2.14. The van der Waals surface area contributed by atoms with E-state index in [-0.39, 0.29) is 11.5 Å². The topological polar surface area (TPSA) is 60.9 Å². The van der Waals surface area contributed by atoms with Gasteiger partial charge in [0.2, 0.25) is 5.95 Å². The van der Waals surface area contributed by atoms with Gasteiger partial charge in [-0.3, -0.25) is 4.79 Å². The standard InChI is InChI=1S/C15H12BrN3O/c1-9-6-7-13(11(16)8-9)19-14(20)10-4-2-3-5-12(10)18-15(19)17/h2-8H,1H3,(H2,17,18). The van der Waals surface area contributed by atoms with Gasteiger partial charge in [0.05, 0.1) is 16.6 Å². The molecule has 0 aliphatic rings. The third-order valence-corrected chi connectivity index (χ3v) is 3.78. The average Bonchev–Trinajstić information content (AvgIpc) is 2.41. The lowest BCUT2D eigenvalue weighted by Crippen LogP contribution is -2.23. The Bertz CT molecular complexity index is 871. The van der Waals surface area contributed by atoms with Crippen LogP contribution in [0.1, 0.15) is 5.56 Å². The molecule has 0 spiro atoms.